The molecule has 0 radical (unpaired) electrons. The summed E-state index contributed by atoms with van der Waals surface area (Å²) in [5, 5.41) is 13.4. The normalized spacial score (nSPS) is 16.6. The van der Waals surface area contributed by atoms with Gasteiger partial charge >= 0.3 is 0 Å². The lowest BCUT2D eigenvalue weighted by Gasteiger charge is -2.27. The zero-order chi connectivity index (χ0) is 20.8. The molecule has 1 atom stereocenters. The molecule has 148 valence electrons. The third-order valence-corrected chi connectivity index (χ3v) is 4.03. The number of hydrogen-bond acceptors (Lipinski definition) is 7. The molecule has 2 rings (SSSR count). The zero-order valence-corrected chi connectivity index (χ0v) is 16.2. The Morgan fingerprint density at radius 2 is 2.11 bits per heavy atom. The van der Waals surface area contributed by atoms with Crippen molar-refractivity contribution in [3.63, 3.8) is 0 Å². The van der Waals surface area contributed by atoms with Gasteiger partial charge in [-0.25, -0.2) is 0 Å². The molecule has 1 N–H and O–H groups in total. The smallest absolute Gasteiger partial charge is 0.265 e. The molecule has 28 heavy (non-hydrogen) atoms. The molecule has 0 unspecified atom stereocenters. The summed E-state index contributed by atoms with van der Waals surface area (Å²) in [7, 11) is 0. The molecule has 0 bridgehead atoms. The van der Waals surface area contributed by atoms with E-state index in [2.05, 4.69) is 11.9 Å². The zero-order valence-electron chi connectivity index (χ0n) is 15.4. The van der Waals surface area contributed by atoms with E-state index in [0.29, 0.717) is 12.2 Å². The number of carboxylic acid groups (broad SMARTS) is 1. The minimum absolute atomic E-state index is 0.0158. The summed E-state index contributed by atoms with van der Waals surface area (Å²) in [6.45, 7) is 7.12. The molecule has 1 saturated heterocycles. The number of thiocarbonyl (C=S) groups is 1. The fourth-order valence-electron chi connectivity index (χ4n) is 2.37. The summed E-state index contributed by atoms with van der Waals surface area (Å²) >= 11 is 5.01. The maximum Gasteiger partial charge on any atom is 0.265 e. The lowest BCUT2D eigenvalue weighted by Crippen LogP contribution is -2.53. The highest BCUT2D eigenvalue weighted by Gasteiger charge is 2.32. The fraction of sp³-hybridized carbons (Fsp3) is 0.263. The quantitative estimate of drug-likeness (QED) is 0.290. The van der Waals surface area contributed by atoms with E-state index in [9.17, 15) is 19.5 Å². The molecule has 1 aliphatic heterocycles. The topological polar surface area (TPSA) is 108 Å². The summed E-state index contributed by atoms with van der Waals surface area (Å²) in [5.74, 6) is -2.05. The second-order valence-electron chi connectivity index (χ2n) is 5.74. The van der Waals surface area contributed by atoms with Crippen molar-refractivity contribution in [2.75, 3.05) is 13.2 Å². The Balaban J connectivity index is 2.38. The number of benzene rings is 1. The molecule has 1 aromatic carbocycles. The lowest BCUT2D eigenvalue weighted by atomic mass is 10.1. The molecular formula is C19H19N2O6S-. The van der Waals surface area contributed by atoms with Crippen LogP contribution in [0, 0.1) is 0 Å². The molecule has 1 fully saturated rings. The molecular weight excluding hydrogens is 384 g/mol. The van der Waals surface area contributed by atoms with Gasteiger partial charge < -0.3 is 19.4 Å². The van der Waals surface area contributed by atoms with Gasteiger partial charge in [0.2, 0.25) is 0 Å². The first-order chi connectivity index (χ1) is 13.3. The highest BCUT2D eigenvalue weighted by molar-refractivity contribution is 7.80. The molecule has 1 aromatic rings. The van der Waals surface area contributed by atoms with Crippen molar-refractivity contribution in [1.82, 2.24) is 10.2 Å². The van der Waals surface area contributed by atoms with Crippen molar-refractivity contribution in [3.05, 3.63) is 42.0 Å². The summed E-state index contributed by atoms with van der Waals surface area (Å²) in [4.78, 5) is 36.9. The highest BCUT2D eigenvalue weighted by Crippen LogP contribution is 2.30. The van der Waals surface area contributed by atoms with Gasteiger partial charge in [-0.1, -0.05) is 12.1 Å². The van der Waals surface area contributed by atoms with E-state index < -0.39 is 23.9 Å². The van der Waals surface area contributed by atoms with Crippen molar-refractivity contribution in [2.45, 2.75) is 20.0 Å². The first kappa shape index (κ1) is 21.1. The number of carboxylic acids is 1. The number of ether oxygens (including phenoxy) is 2. The molecule has 2 amide bonds. The Kier molecular flexibility index (Phi) is 6.89. The average Bonchev–Trinajstić information content (AvgIpc) is 2.64. The molecule has 8 nitrogen and oxygen atoms in total. The van der Waals surface area contributed by atoms with Crippen LogP contribution < -0.4 is 19.9 Å². The number of aliphatic carboxylic acids is 1. The van der Waals surface area contributed by atoms with E-state index in [-0.39, 0.29) is 28.7 Å². The van der Waals surface area contributed by atoms with Gasteiger partial charge in [0, 0.05) is 6.54 Å². The maximum atomic E-state index is 12.6. The van der Waals surface area contributed by atoms with E-state index >= 15 is 0 Å². The molecule has 9 heteroatoms. The number of carbonyl (C=O) groups excluding carboxylic acids is 3. The minimum atomic E-state index is -1.36. The average molecular weight is 403 g/mol. The minimum Gasteiger partial charge on any atom is -0.546 e. The number of nitrogens with one attached hydrogen (secondary N) is 1. The summed E-state index contributed by atoms with van der Waals surface area (Å²) in [6.07, 6.45) is 1.71. The predicted molar refractivity (Wildman–Crippen MR) is 103 cm³/mol. The summed E-state index contributed by atoms with van der Waals surface area (Å²) < 4.78 is 10.8. The number of hydrogen-bond donors (Lipinski definition) is 1. The first-order valence-electron chi connectivity index (χ1n) is 8.42. The van der Waals surface area contributed by atoms with Crippen molar-refractivity contribution in [1.29, 1.82) is 0 Å². The van der Waals surface area contributed by atoms with Crippen LogP contribution in [-0.4, -0.2) is 47.1 Å². The van der Waals surface area contributed by atoms with Crippen LogP contribution >= 0.6 is 12.2 Å². The van der Waals surface area contributed by atoms with Crippen molar-refractivity contribution >= 4 is 41.2 Å². The molecule has 1 aliphatic rings. The molecule has 0 aromatic heterocycles. The van der Waals surface area contributed by atoms with Crippen LogP contribution in [0.3, 0.4) is 0 Å². The summed E-state index contributed by atoms with van der Waals surface area (Å²) in [5.41, 5.74) is 0.386. The summed E-state index contributed by atoms with van der Waals surface area (Å²) in [6, 6.07) is 4.60. The standard InChI is InChI=1S/C19H20N2O6S/c1-4-8-21-17(23)13(16(22)20-19(21)28)9-12-6-7-14(15(10-12)26-5-2)27-11(3)18(24)25/h4,6-7,9-11H,1,5,8H2,2-3H3,(H,24,25)(H,20,22,28)/p-1/b13-9-/t11-/m0/s1. The van der Waals surface area contributed by atoms with Crippen LogP contribution in [0.5, 0.6) is 11.5 Å². The van der Waals surface area contributed by atoms with Crippen LogP contribution in [0.1, 0.15) is 19.4 Å². The van der Waals surface area contributed by atoms with Gasteiger partial charge in [-0.05, 0) is 49.8 Å². The van der Waals surface area contributed by atoms with Crippen molar-refractivity contribution < 1.29 is 29.0 Å². The fourth-order valence-corrected chi connectivity index (χ4v) is 2.62. The second-order valence-corrected chi connectivity index (χ2v) is 6.13. The third kappa shape index (κ3) is 4.74. The van der Waals surface area contributed by atoms with Gasteiger partial charge in [0.05, 0.1) is 12.6 Å². The third-order valence-electron chi connectivity index (χ3n) is 3.71. The van der Waals surface area contributed by atoms with Crippen LogP contribution in [-0.2, 0) is 14.4 Å². The van der Waals surface area contributed by atoms with E-state index in [4.69, 9.17) is 21.7 Å². The largest absolute Gasteiger partial charge is 0.546 e. The van der Waals surface area contributed by atoms with E-state index in [1.807, 2.05) is 0 Å². The molecule has 0 aliphatic carbocycles. The second kappa shape index (κ2) is 9.14. The van der Waals surface area contributed by atoms with E-state index in [0.717, 1.165) is 0 Å². The van der Waals surface area contributed by atoms with E-state index in [1.165, 1.54) is 30.0 Å². The Labute approximate surface area is 167 Å². The van der Waals surface area contributed by atoms with Gasteiger partial charge in [-0.3, -0.25) is 19.8 Å². The molecule has 1 heterocycles. The van der Waals surface area contributed by atoms with Crippen molar-refractivity contribution in [2.24, 2.45) is 0 Å². The number of rotatable bonds is 8. The number of amides is 2. The van der Waals surface area contributed by atoms with Crippen LogP contribution in [0.15, 0.2) is 36.4 Å². The maximum absolute atomic E-state index is 12.6. The highest BCUT2D eigenvalue weighted by atomic mass is 32.1. The SMILES string of the molecule is C=CCN1C(=O)/C(=C\c2ccc(O[C@@H](C)C(=O)[O-])c(OCC)c2)C(=O)NC1=S. The predicted octanol–water partition coefficient (Wildman–Crippen LogP) is 0.415. The monoisotopic (exact) mass is 403 g/mol. The lowest BCUT2D eigenvalue weighted by molar-refractivity contribution is -0.312. The van der Waals surface area contributed by atoms with Crippen LogP contribution in [0.25, 0.3) is 6.08 Å². The Bertz CT molecular complexity index is 864. The van der Waals surface area contributed by atoms with Crippen LogP contribution in [0.4, 0.5) is 0 Å². The van der Waals surface area contributed by atoms with Crippen LogP contribution in [0.2, 0.25) is 0 Å². The van der Waals surface area contributed by atoms with Gasteiger partial charge in [0.25, 0.3) is 11.8 Å². The van der Waals surface area contributed by atoms with Gasteiger partial charge in [-0.15, -0.1) is 6.58 Å². The van der Waals surface area contributed by atoms with Gasteiger partial charge in [0.1, 0.15) is 11.7 Å². The van der Waals surface area contributed by atoms with Gasteiger partial charge in [-0.2, -0.15) is 0 Å². The van der Waals surface area contributed by atoms with Gasteiger partial charge in [0.15, 0.2) is 16.6 Å². The first-order valence-corrected chi connectivity index (χ1v) is 8.83. The Hall–Kier alpha value is -3.20. The number of nitrogens with zero attached hydrogens (tertiary/aromatic N) is 1. The molecule has 0 saturated carbocycles. The van der Waals surface area contributed by atoms with Crippen molar-refractivity contribution in [3.8, 4) is 11.5 Å². The Morgan fingerprint density at radius 3 is 2.71 bits per heavy atom. The molecule has 0 spiro atoms. The number of carbonyl (C=O) groups is 3. The Morgan fingerprint density at radius 1 is 1.39 bits per heavy atom. The van der Waals surface area contributed by atoms with E-state index in [1.54, 1.807) is 19.1 Å².